The Morgan fingerprint density at radius 1 is 1.07 bits per heavy atom. The Morgan fingerprint density at radius 3 is 2.70 bits per heavy atom. The normalized spacial score (nSPS) is 17.0. The quantitative estimate of drug-likeness (QED) is 0.481. The lowest BCUT2D eigenvalue weighted by atomic mass is 9.76. The predicted octanol–water partition coefficient (Wildman–Crippen LogP) is 1.45. The molecule has 2 aromatic carbocycles. The fourth-order valence-corrected chi connectivity index (χ4v) is 4.40. The number of fused-ring (bicyclic) bond motifs is 2. The van der Waals surface area contributed by atoms with Gasteiger partial charge in [0.25, 0.3) is 0 Å². The molecular formula is C22H24BN5O2. The SMILES string of the molecule is CC1Cc2c(B(O)O)cccc2N1c1nc2c(c(NCc3ccccc3)n1)CNC2. The molecule has 2 aliphatic heterocycles. The van der Waals surface area contributed by atoms with Gasteiger partial charge in [0.15, 0.2) is 0 Å². The third kappa shape index (κ3) is 3.33. The molecule has 3 aromatic rings. The highest BCUT2D eigenvalue weighted by Crippen LogP contribution is 2.37. The third-order valence-corrected chi connectivity index (χ3v) is 5.86. The van der Waals surface area contributed by atoms with Crippen molar-refractivity contribution in [1.82, 2.24) is 15.3 Å². The summed E-state index contributed by atoms with van der Waals surface area (Å²) in [6.07, 6.45) is 0.717. The first-order chi connectivity index (χ1) is 14.6. The van der Waals surface area contributed by atoms with Crippen LogP contribution in [0.25, 0.3) is 0 Å². The molecule has 0 radical (unpaired) electrons. The van der Waals surface area contributed by atoms with Crippen molar-refractivity contribution in [3.05, 3.63) is 70.9 Å². The molecule has 7 nitrogen and oxygen atoms in total. The number of nitrogens with zero attached hydrogens (tertiary/aromatic N) is 3. The summed E-state index contributed by atoms with van der Waals surface area (Å²) in [6, 6.07) is 16.0. The van der Waals surface area contributed by atoms with Crippen LogP contribution in [0.1, 0.15) is 29.3 Å². The number of aromatic nitrogens is 2. The monoisotopic (exact) mass is 401 g/mol. The van der Waals surface area contributed by atoms with Crippen LogP contribution < -0.4 is 21.0 Å². The molecule has 1 atom stereocenters. The van der Waals surface area contributed by atoms with Crippen LogP contribution in [0.5, 0.6) is 0 Å². The number of nitrogens with one attached hydrogen (secondary N) is 2. The molecule has 0 fully saturated rings. The topological polar surface area (TPSA) is 93.5 Å². The van der Waals surface area contributed by atoms with Crippen molar-refractivity contribution < 1.29 is 10.0 Å². The summed E-state index contributed by atoms with van der Waals surface area (Å²) in [5, 5.41) is 26.4. The molecule has 1 aromatic heterocycles. The van der Waals surface area contributed by atoms with E-state index in [0.717, 1.165) is 41.4 Å². The first-order valence-corrected chi connectivity index (χ1v) is 10.3. The molecule has 8 heteroatoms. The Morgan fingerprint density at radius 2 is 1.90 bits per heavy atom. The molecule has 0 aliphatic carbocycles. The zero-order valence-electron chi connectivity index (χ0n) is 16.8. The largest absolute Gasteiger partial charge is 0.488 e. The van der Waals surface area contributed by atoms with E-state index >= 15 is 0 Å². The molecule has 0 saturated heterocycles. The zero-order valence-corrected chi connectivity index (χ0v) is 16.8. The minimum atomic E-state index is -1.49. The highest BCUT2D eigenvalue weighted by Gasteiger charge is 2.34. The number of hydrogen-bond acceptors (Lipinski definition) is 7. The minimum absolute atomic E-state index is 0.120. The molecule has 152 valence electrons. The Labute approximate surface area is 176 Å². The van der Waals surface area contributed by atoms with Gasteiger partial charge in [-0.1, -0.05) is 42.5 Å². The van der Waals surface area contributed by atoms with Crippen molar-refractivity contribution >= 4 is 30.0 Å². The minimum Gasteiger partial charge on any atom is -0.423 e. The van der Waals surface area contributed by atoms with E-state index in [9.17, 15) is 10.0 Å². The maximum absolute atomic E-state index is 9.77. The second-order valence-electron chi connectivity index (χ2n) is 7.88. The Bertz CT molecular complexity index is 1080. The number of benzene rings is 2. The second kappa shape index (κ2) is 7.72. The molecule has 4 N–H and O–H groups in total. The van der Waals surface area contributed by atoms with E-state index in [1.54, 1.807) is 6.07 Å². The summed E-state index contributed by atoms with van der Waals surface area (Å²) in [5.41, 5.74) is 5.75. The maximum Gasteiger partial charge on any atom is 0.488 e. The van der Waals surface area contributed by atoms with E-state index in [4.69, 9.17) is 9.97 Å². The lowest BCUT2D eigenvalue weighted by molar-refractivity contribution is 0.425. The van der Waals surface area contributed by atoms with Crippen LogP contribution in [-0.2, 0) is 26.1 Å². The van der Waals surface area contributed by atoms with E-state index in [1.807, 2.05) is 30.3 Å². The number of rotatable bonds is 5. The van der Waals surface area contributed by atoms with Gasteiger partial charge in [0.05, 0.1) is 5.69 Å². The van der Waals surface area contributed by atoms with Gasteiger partial charge in [-0.3, -0.25) is 0 Å². The van der Waals surface area contributed by atoms with Gasteiger partial charge in [0, 0.05) is 36.9 Å². The van der Waals surface area contributed by atoms with Gasteiger partial charge in [-0.15, -0.1) is 0 Å². The molecule has 3 heterocycles. The first kappa shape index (κ1) is 19.1. The number of anilines is 3. The van der Waals surface area contributed by atoms with Gasteiger partial charge >= 0.3 is 7.12 Å². The summed E-state index contributed by atoms with van der Waals surface area (Å²) in [7, 11) is -1.49. The van der Waals surface area contributed by atoms with Crippen LogP contribution in [0.3, 0.4) is 0 Å². The summed E-state index contributed by atoms with van der Waals surface area (Å²) < 4.78 is 0. The van der Waals surface area contributed by atoms with E-state index in [0.29, 0.717) is 24.4 Å². The molecule has 5 rings (SSSR count). The summed E-state index contributed by atoms with van der Waals surface area (Å²) in [4.78, 5) is 11.9. The zero-order chi connectivity index (χ0) is 20.7. The van der Waals surface area contributed by atoms with Crippen molar-refractivity contribution in [1.29, 1.82) is 0 Å². The fourth-order valence-electron chi connectivity index (χ4n) is 4.40. The Balaban J connectivity index is 1.52. The van der Waals surface area contributed by atoms with Crippen LogP contribution in [0.15, 0.2) is 48.5 Å². The van der Waals surface area contributed by atoms with Gasteiger partial charge in [0.1, 0.15) is 5.82 Å². The van der Waals surface area contributed by atoms with Gasteiger partial charge in [0.2, 0.25) is 5.95 Å². The van der Waals surface area contributed by atoms with Crippen LogP contribution >= 0.6 is 0 Å². The highest BCUT2D eigenvalue weighted by molar-refractivity contribution is 6.59. The van der Waals surface area contributed by atoms with E-state index in [2.05, 4.69) is 34.6 Å². The van der Waals surface area contributed by atoms with Gasteiger partial charge in [-0.05, 0) is 36.0 Å². The molecule has 30 heavy (non-hydrogen) atoms. The van der Waals surface area contributed by atoms with Crippen molar-refractivity contribution in [3.8, 4) is 0 Å². The molecule has 2 aliphatic rings. The Hall–Kier alpha value is -2.94. The third-order valence-electron chi connectivity index (χ3n) is 5.86. The lowest BCUT2D eigenvalue weighted by Gasteiger charge is -2.24. The van der Waals surface area contributed by atoms with Crippen molar-refractivity contribution in [2.45, 2.75) is 39.0 Å². The average Bonchev–Trinajstić information content (AvgIpc) is 3.35. The van der Waals surface area contributed by atoms with Crippen LogP contribution in [0.2, 0.25) is 0 Å². The maximum atomic E-state index is 9.77. The molecule has 0 amide bonds. The van der Waals surface area contributed by atoms with E-state index < -0.39 is 7.12 Å². The van der Waals surface area contributed by atoms with Crippen LogP contribution in [0.4, 0.5) is 17.5 Å². The van der Waals surface area contributed by atoms with Crippen molar-refractivity contribution in [2.24, 2.45) is 0 Å². The van der Waals surface area contributed by atoms with E-state index in [1.165, 1.54) is 5.56 Å². The number of hydrogen-bond donors (Lipinski definition) is 4. The van der Waals surface area contributed by atoms with E-state index in [-0.39, 0.29) is 6.04 Å². The van der Waals surface area contributed by atoms with Crippen LogP contribution in [0, 0.1) is 0 Å². The average molecular weight is 401 g/mol. The van der Waals surface area contributed by atoms with Gasteiger partial charge < -0.3 is 25.6 Å². The second-order valence-corrected chi connectivity index (χ2v) is 7.88. The molecule has 0 saturated carbocycles. The fraction of sp³-hybridized carbons (Fsp3) is 0.273. The molecule has 0 spiro atoms. The smallest absolute Gasteiger partial charge is 0.423 e. The molecule has 0 bridgehead atoms. The summed E-state index contributed by atoms with van der Waals surface area (Å²) in [6.45, 7) is 4.27. The molecular weight excluding hydrogens is 377 g/mol. The van der Waals surface area contributed by atoms with Crippen molar-refractivity contribution in [3.63, 3.8) is 0 Å². The van der Waals surface area contributed by atoms with Crippen LogP contribution in [-0.4, -0.2) is 33.2 Å². The van der Waals surface area contributed by atoms with Gasteiger partial charge in [-0.25, -0.2) is 4.98 Å². The first-order valence-electron chi connectivity index (χ1n) is 10.3. The summed E-state index contributed by atoms with van der Waals surface area (Å²) in [5.74, 6) is 1.49. The highest BCUT2D eigenvalue weighted by atomic mass is 16.4. The lowest BCUT2D eigenvalue weighted by Crippen LogP contribution is -2.32. The van der Waals surface area contributed by atoms with Gasteiger partial charge in [-0.2, -0.15) is 4.98 Å². The Kier molecular flexibility index (Phi) is 4.90. The predicted molar refractivity (Wildman–Crippen MR) is 118 cm³/mol. The summed E-state index contributed by atoms with van der Waals surface area (Å²) >= 11 is 0. The standard InChI is InChI=1S/C22H24BN5O2/c1-14-10-16-18(23(29)30)8-5-9-20(16)28(14)22-26-19-13-24-12-17(19)21(27-22)25-11-15-6-3-2-4-7-15/h2-9,14,24,29-30H,10-13H2,1H3,(H,25,26,27). The van der Waals surface area contributed by atoms with Crippen molar-refractivity contribution in [2.75, 3.05) is 10.2 Å². The molecule has 1 unspecified atom stereocenters.